The first-order valence-corrected chi connectivity index (χ1v) is 11.8. The highest BCUT2D eigenvalue weighted by molar-refractivity contribution is 5.79. The summed E-state index contributed by atoms with van der Waals surface area (Å²) in [6, 6.07) is 0.255. The number of anilines is 3. The standard InChI is InChI=1S/C22H32F3N9O/c1-14-18(13-34(31-14)16-5-8-32(2)12-16)29-21-28-9-17(22(23,24)25)19(30-21)26-6-4-7-27-20(35)15-10-33(3)11-15/h9,13,15-16H,4-8,10-12H2,1-3H3,(H,27,35)(H2,26,28,29,30). The van der Waals surface area contributed by atoms with Crippen molar-refractivity contribution in [2.45, 2.75) is 32.0 Å². The molecule has 2 saturated heterocycles. The molecule has 2 aliphatic heterocycles. The van der Waals surface area contributed by atoms with Crippen molar-refractivity contribution in [2.75, 3.05) is 64.0 Å². The normalized spacial score (nSPS) is 19.5. The van der Waals surface area contributed by atoms with E-state index in [2.05, 4.69) is 43.0 Å². The summed E-state index contributed by atoms with van der Waals surface area (Å²) in [7, 11) is 4.00. The third kappa shape index (κ3) is 6.20. The maximum Gasteiger partial charge on any atom is 0.421 e. The Morgan fingerprint density at radius 3 is 2.60 bits per heavy atom. The van der Waals surface area contributed by atoms with Crippen LogP contribution in [0, 0.1) is 12.8 Å². The van der Waals surface area contributed by atoms with Crippen LogP contribution in [0.15, 0.2) is 12.4 Å². The number of nitrogens with one attached hydrogen (secondary N) is 3. The molecule has 2 aromatic heterocycles. The fourth-order valence-corrected chi connectivity index (χ4v) is 4.34. The van der Waals surface area contributed by atoms with Gasteiger partial charge in [-0.15, -0.1) is 0 Å². The van der Waals surface area contributed by atoms with Crippen LogP contribution in [0.3, 0.4) is 0 Å². The molecule has 1 amide bonds. The first-order chi connectivity index (χ1) is 16.6. The largest absolute Gasteiger partial charge is 0.421 e. The van der Waals surface area contributed by atoms with Gasteiger partial charge in [0.15, 0.2) is 0 Å². The highest BCUT2D eigenvalue weighted by atomic mass is 19.4. The van der Waals surface area contributed by atoms with Gasteiger partial charge < -0.3 is 25.8 Å². The molecule has 4 rings (SSSR count). The molecular weight excluding hydrogens is 463 g/mol. The lowest BCUT2D eigenvalue weighted by atomic mass is 10.0. The molecule has 13 heteroatoms. The lowest BCUT2D eigenvalue weighted by Gasteiger charge is -2.34. The number of halogens is 3. The molecule has 0 spiro atoms. The van der Waals surface area contributed by atoms with E-state index in [0.717, 1.165) is 38.8 Å². The van der Waals surface area contributed by atoms with Crippen molar-refractivity contribution in [3.05, 3.63) is 23.7 Å². The molecule has 10 nitrogen and oxygen atoms in total. The van der Waals surface area contributed by atoms with E-state index in [9.17, 15) is 18.0 Å². The Bertz CT molecular complexity index is 1040. The third-order valence-electron chi connectivity index (χ3n) is 6.38. The summed E-state index contributed by atoms with van der Waals surface area (Å²) in [5.41, 5.74) is 0.423. The number of aromatic nitrogens is 4. The Labute approximate surface area is 202 Å². The van der Waals surface area contributed by atoms with Crippen molar-refractivity contribution in [3.8, 4) is 0 Å². The molecule has 2 aromatic rings. The van der Waals surface area contributed by atoms with Crippen LogP contribution in [-0.2, 0) is 11.0 Å². The highest BCUT2D eigenvalue weighted by Crippen LogP contribution is 2.34. The predicted molar refractivity (Wildman–Crippen MR) is 126 cm³/mol. The number of carbonyl (C=O) groups excluding carboxylic acids is 1. The first-order valence-electron chi connectivity index (χ1n) is 11.8. The average Bonchev–Trinajstić information content (AvgIpc) is 3.36. The van der Waals surface area contributed by atoms with Crippen LogP contribution < -0.4 is 16.0 Å². The summed E-state index contributed by atoms with van der Waals surface area (Å²) in [6.45, 7) is 5.76. The maximum atomic E-state index is 13.5. The van der Waals surface area contributed by atoms with Crippen molar-refractivity contribution < 1.29 is 18.0 Å². The van der Waals surface area contributed by atoms with Gasteiger partial charge in [0.2, 0.25) is 11.9 Å². The number of nitrogens with zero attached hydrogens (tertiary/aromatic N) is 6. The number of carbonyl (C=O) groups is 1. The van der Waals surface area contributed by atoms with E-state index >= 15 is 0 Å². The molecule has 3 N–H and O–H groups in total. The lowest BCUT2D eigenvalue weighted by Crippen LogP contribution is -2.51. The van der Waals surface area contributed by atoms with Gasteiger partial charge in [0.1, 0.15) is 11.4 Å². The summed E-state index contributed by atoms with van der Waals surface area (Å²) >= 11 is 0. The molecule has 192 valence electrons. The second-order valence-corrected chi connectivity index (χ2v) is 9.38. The zero-order chi connectivity index (χ0) is 25.2. The number of amides is 1. The van der Waals surface area contributed by atoms with Crippen LogP contribution in [0.4, 0.5) is 30.6 Å². The number of hydrogen-bond acceptors (Lipinski definition) is 8. The number of alkyl halides is 3. The van der Waals surface area contributed by atoms with E-state index < -0.39 is 11.7 Å². The molecule has 2 aliphatic rings. The molecule has 2 fully saturated rings. The number of hydrogen-bond donors (Lipinski definition) is 3. The fourth-order valence-electron chi connectivity index (χ4n) is 4.34. The summed E-state index contributed by atoms with van der Waals surface area (Å²) in [4.78, 5) is 24.2. The minimum absolute atomic E-state index is 0.0114. The van der Waals surface area contributed by atoms with Crippen molar-refractivity contribution in [1.29, 1.82) is 0 Å². The van der Waals surface area contributed by atoms with E-state index in [-0.39, 0.29) is 36.2 Å². The zero-order valence-electron chi connectivity index (χ0n) is 20.2. The number of likely N-dealkylation sites (N-methyl/N-ethyl adjacent to an activating group) is 1. The summed E-state index contributed by atoms with van der Waals surface area (Å²) in [5.74, 6) is -0.283. The van der Waals surface area contributed by atoms with Crippen LogP contribution in [0.25, 0.3) is 0 Å². The van der Waals surface area contributed by atoms with Gasteiger partial charge in [-0.1, -0.05) is 0 Å². The highest BCUT2D eigenvalue weighted by Gasteiger charge is 2.35. The third-order valence-corrected chi connectivity index (χ3v) is 6.38. The second kappa shape index (κ2) is 10.4. The van der Waals surface area contributed by atoms with Gasteiger partial charge in [-0.05, 0) is 40.4 Å². The van der Waals surface area contributed by atoms with E-state index in [1.807, 2.05) is 29.7 Å². The molecular formula is C22H32F3N9O. The smallest absolute Gasteiger partial charge is 0.369 e. The second-order valence-electron chi connectivity index (χ2n) is 9.38. The van der Waals surface area contributed by atoms with Crippen LogP contribution in [0.5, 0.6) is 0 Å². The van der Waals surface area contributed by atoms with E-state index in [1.54, 1.807) is 0 Å². The molecule has 0 aliphatic carbocycles. The average molecular weight is 496 g/mol. The number of aryl methyl sites for hydroxylation is 1. The molecule has 0 saturated carbocycles. The zero-order valence-corrected chi connectivity index (χ0v) is 20.2. The van der Waals surface area contributed by atoms with Crippen molar-refractivity contribution in [2.24, 2.45) is 5.92 Å². The Hall–Kier alpha value is -2.93. The Balaban J connectivity index is 1.37. The molecule has 1 unspecified atom stereocenters. The monoisotopic (exact) mass is 495 g/mol. The van der Waals surface area contributed by atoms with Gasteiger partial charge in [-0.2, -0.15) is 23.3 Å². The van der Waals surface area contributed by atoms with Crippen LogP contribution in [0.2, 0.25) is 0 Å². The minimum Gasteiger partial charge on any atom is -0.369 e. The minimum atomic E-state index is -4.60. The molecule has 1 atom stereocenters. The summed E-state index contributed by atoms with van der Waals surface area (Å²) < 4.78 is 42.4. The quantitative estimate of drug-likeness (QED) is 0.455. The van der Waals surface area contributed by atoms with Gasteiger partial charge in [-0.3, -0.25) is 9.48 Å². The van der Waals surface area contributed by atoms with Crippen molar-refractivity contribution in [1.82, 2.24) is 34.9 Å². The van der Waals surface area contributed by atoms with Crippen LogP contribution >= 0.6 is 0 Å². The maximum absolute atomic E-state index is 13.5. The Morgan fingerprint density at radius 2 is 1.94 bits per heavy atom. The number of rotatable bonds is 9. The van der Waals surface area contributed by atoms with Gasteiger partial charge in [0, 0.05) is 45.1 Å². The van der Waals surface area contributed by atoms with Gasteiger partial charge in [-0.25, -0.2) is 4.98 Å². The van der Waals surface area contributed by atoms with E-state index in [0.29, 0.717) is 24.3 Å². The Morgan fingerprint density at radius 1 is 1.17 bits per heavy atom. The van der Waals surface area contributed by atoms with Crippen LogP contribution in [0.1, 0.15) is 30.1 Å². The topological polar surface area (TPSA) is 103 Å². The molecule has 0 radical (unpaired) electrons. The lowest BCUT2D eigenvalue weighted by molar-refractivity contribution is -0.137. The van der Waals surface area contributed by atoms with Crippen molar-refractivity contribution in [3.63, 3.8) is 0 Å². The predicted octanol–water partition coefficient (Wildman–Crippen LogP) is 2.10. The van der Waals surface area contributed by atoms with Gasteiger partial charge >= 0.3 is 6.18 Å². The van der Waals surface area contributed by atoms with Crippen molar-refractivity contribution >= 4 is 23.4 Å². The van der Waals surface area contributed by atoms with Gasteiger partial charge in [0.05, 0.1) is 23.3 Å². The summed E-state index contributed by atoms with van der Waals surface area (Å²) in [6.07, 6.45) is -0.533. The fraction of sp³-hybridized carbons (Fsp3) is 0.636. The van der Waals surface area contributed by atoms with E-state index in [1.165, 1.54) is 0 Å². The summed E-state index contributed by atoms with van der Waals surface area (Å²) in [5, 5.41) is 13.1. The van der Waals surface area contributed by atoms with E-state index in [4.69, 9.17) is 0 Å². The molecule has 0 aromatic carbocycles. The SMILES string of the molecule is Cc1nn(C2CCN(C)C2)cc1Nc1ncc(C(F)(F)F)c(NCCCNC(=O)C2CN(C)C2)n1. The van der Waals surface area contributed by atoms with Gasteiger partial charge in [0.25, 0.3) is 0 Å². The van der Waals surface area contributed by atoms with Crippen LogP contribution in [-0.4, -0.2) is 88.8 Å². The Kier molecular flexibility index (Phi) is 7.45. The first kappa shape index (κ1) is 25.2. The number of likely N-dealkylation sites (tertiary alicyclic amines) is 2. The molecule has 0 bridgehead atoms. The molecule has 35 heavy (non-hydrogen) atoms. The molecule has 4 heterocycles.